The largest absolute Gasteiger partial charge is 0.462 e. The van der Waals surface area contributed by atoms with E-state index in [2.05, 4.69) is 5.32 Å². The van der Waals surface area contributed by atoms with Crippen molar-refractivity contribution < 1.29 is 9.53 Å². The molecule has 0 bridgehead atoms. The molecule has 0 radical (unpaired) electrons. The van der Waals surface area contributed by atoms with Crippen LogP contribution in [-0.2, 0) is 9.53 Å². The van der Waals surface area contributed by atoms with Crippen LogP contribution in [-0.4, -0.2) is 18.6 Å². The van der Waals surface area contributed by atoms with Gasteiger partial charge in [0, 0.05) is 12.2 Å². The number of anilines is 1. The summed E-state index contributed by atoms with van der Waals surface area (Å²) < 4.78 is 5.43. The van der Waals surface area contributed by atoms with Crippen molar-refractivity contribution in [3.63, 3.8) is 0 Å². The third-order valence-corrected chi connectivity index (χ3v) is 3.26. The number of fused-ring (bicyclic) bond motifs is 1. The number of rotatable bonds is 3. The minimum Gasteiger partial charge on any atom is -0.462 e. The van der Waals surface area contributed by atoms with Gasteiger partial charge in [-0.1, -0.05) is 25.1 Å². The maximum Gasteiger partial charge on any atom is 0.313 e. The van der Waals surface area contributed by atoms with Crippen molar-refractivity contribution in [2.45, 2.75) is 38.7 Å². The van der Waals surface area contributed by atoms with Crippen LogP contribution in [0.1, 0.15) is 38.2 Å². The van der Waals surface area contributed by atoms with E-state index in [1.54, 1.807) is 0 Å². The fourth-order valence-corrected chi connectivity index (χ4v) is 2.08. The van der Waals surface area contributed by atoms with E-state index in [-0.39, 0.29) is 18.0 Å². The summed E-state index contributed by atoms with van der Waals surface area (Å²) in [6.45, 7) is 4.79. The molecule has 2 rings (SSSR count). The van der Waals surface area contributed by atoms with Crippen molar-refractivity contribution >= 4 is 11.7 Å². The number of carbonyl (C=O) groups excluding carboxylic acids is 1. The molecule has 2 unspecified atom stereocenters. The van der Waals surface area contributed by atoms with E-state index in [1.807, 2.05) is 38.1 Å². The molecule has 1 aromatic carbocycles. The zero-order valence-electron chi connectivity index (χ0n) is 10.4. The van der Waals surface area contributed by atoms with Crippen molar-refractivity contribution in [2.24, 2.45) is 0 Å². The number of para-hydroxylation sites is 1. The molecule has 1 aliphatic rings. The topological polar surface area (TPSA) is 38.3 Å². The van der Waals surface area contributed by atoms with E-state index in [0.717, 1.165) is 30.6 Å². The van der Waals surface area contributed by atoms with Crippen LogP contribution in [0.3, 0.4) is 0 Å². The Bertz CT molecular complexity index is 403. The van der Waals surface area contributed by atoms with Crippen LogP contribution in [0.4, 0.5) is 5.69 Å². The number of hydrogen-bond donors (Lipinski definition) is 1. The monoisotopic (exact) mass is 233 g/mol. The lowest BCUT2D eigenvalue weighted by Crippen LogP contribution is -2.26. The molecule has 17 heavy (non-hydrogen) atoms. The number of carbonyl (C=O) groups is 1. The highest BCUT2D eigenvalue weighted by Gasteiger charge is 2.28. The highest BCUT2D eigenvalue weighted by Crippen LogP contribution is 2.32. The Balaban J connectivity index is 2.15. The lowest BCUT2D eigenvalue weighted by molar-refractivity contribution is -0.150. The predicted octanol–water partition coefficient (Wildman–Crippen LogP) is 2.93. The summed E-state index contributed by atoms with van der Waals surface area (Å²) in [6.07, 6.45) is 1.68. The second-order valence-electron chi connectivity index (χ2n) is 4.51. The molecule has 0 aromatic heterocycles. The summed E-state index contributed by atoms with van der Waals surface area (Å²) in [5.74, 6) is -0.199. The molecule has 1 aliphatic heterocycles. The van der Waals surface area contributed by atoms with E-state index in [4.69, 9.17) is 4.74 Å². The van der Waals surface area contributed by atoms with Crippen LogP contribution >= 0.6 is 0 Å². The number of hydrogen-bond acceptors (Lipinski definition) is 3. The first-order chi connectivity index (χ1) is 8.22. The van der Waals surface area contributed by atoms with Gasteiger partial charge in [0.25, 0.3) is 0 Å². The molecular weight excluding hydrogens is 214 g/mol. The van der Waals surface area contributed by atoms with Gasteiger partial charge in [-0.15, -0.1) is 0 Å². The average Bonchev–Trinajstić information content (AvgIpc) is 2.37. The van der Waals surface area contributed by atoms with Crippen molar-refractivity contribution in [3.05, 3.63) is 29.8 Å². The number of esters is 1. The molecule has 1 aromatic rings. The first-order valence-electron chi connectivity index (χ1n) is 6.25. The van der Waals surface area contributed by atoms with Gasteiger partial charge in [-0.3, -0.25) is 4.79 Å². The Kier molecular flexibility index (Phi) is 3.67. The Morgan fingerprint density at radius 3 is 3.06 bits per heavy atom. The summed E-state index contributed by atoms with van der Waals surface area (Å²) >= 11 is 0. The lowest BCUT2D eigenvalue weighted by Gasteiger charge is -2.26. The van der Waals surface area contributed by atoms with E-state index in [0.29, 0.717) is 0 Å². The molecule has 0 aliphatic carbocycles. The maximum atomic E-state index is 12.1. The van der Waals surface area contributed by atoms with E-state index >= 15 is 0 Å². The smallest absolute Gasteiger partial charge is 0.313 e. The van der Waals surface area contributed by atoms with Crippen LogP contribution < -0.4 is 5.32 Å². The summed E-state index contributed by atoms with van der Waals surface area (Å²) in [5, 5.41) is 3.31. The van der Waals surface area contributed by atoms with Gasteiger partial charge in [0.2, 0.25) is 0 Å². The third-order valence-electron chi connectivity index (χ3n) is 3.26. The molecule has 0 spiro atoms. The molecule has 3 heteroatoms. The van der Waals surface area contributed by atoms with Crippen molar-refractivity contribution in [1.82, 2.24) is 0 Å². The molecule has 0 fully saturated rings. The van der Waals surface area contributed by atoms with Crippen LogP contribution in [0.5, 0.6) is 0 Å². The van der Waals surface area contributed by atoms with Crippen molar-refractivity contribution in [3.8, 4) is 0 Å². The second-order valence-corrected chi connectivity index (χ2v) is 4.51. The Labute approximate surface area is 102 Å². The average molecular weight is 233 g/mol. The molecule has 1 N–H and O–H groups in total. The molecule has 0 saturated carbocycles. The van der Waals surface area contributed by atoms with E-state index in [1.165, 1.54) is 0 Å². The lowest BCUT2D eigenvalue weighted by atomic mass is 9.91. The Morgan fingerprint density at radius 1 is 1.53 bits per heavy atom. The molecule has 1 heterocycles. The minimum atomic E-state index is -0.110. The second kappa shape index (κ2) is 5.21. The first-order valence-corrected chi connectivity index (χ1v) is 6.25. The van der Waals surface area contributed by atoms with Crippen LogP contribution in [0.2, 0.25) is 0 Å². The Morgan fingerprint density at radius 2 is 2.29 bits per heavy atom. The summed E-state index contributed by atoms with van der Waals surface area (Å²) in [6, 6.07) is 7.96. The van der Waals surface area contributed by atoms with Gasteiger partial charge >= 0.3 is 5.97 Å². The van der Waals surface area contributed by atoms with Gasteiger partial charge in [-0.2, -0.15) is 0 Å². The summed E-state index contributed by atoms with van der Waals surface area (Å²) in [7, 11) is 0. The fraction of sp³-hybridized carbons (Fsp3) is 0.500. The third kappa shape index (κ3) is 2.60. The van der Waals surface area contributed by atoms with Gasteiger partial charge in [0.1, 0.15) is 0 Å². The summed E-state index contributed by atoms with van der Waals surface area (Å²) in [5.41, 5.74) is 2.12. The molecule has 0 amide bonds. The predicted molar refractivity (Wildman–Crippen MR) is 68.1 cm³/mol. The molecule has 92 valence electrons. The SMILES string of the molecule is CCC(C)OC(=O)C1CCNc2ccccc21. The number of nitrogens with one attached hydrogen (secondary N) is 1. The minimum absolute atomic E-state index is 0.00421. The number of benzene rings is 1. The Hall–Kier alpha value is -1.51. The van der Waals surface area contributed by atoms with Gasteiger partial charge in [0.15, 0.2) is 0 Å². The van der Waals surface area contributed by atoms with Crippen molar-refractivity contribution in [1.29, 1.82) is 0 Å². The van der Waals surface area contributed by atoms with Gasteiger partial charge in [-0.25, -0.2) is 0 Å². The fourth-order valence-electron chi connectivity index (χ4n) is 2.08. The highest BCUT2D eigenvalue weighted by molar-refractivity contribution is 5.81. The molecule has 3 nitrogen and oxygen atoms in total. The summed E-state index contributed by atoms with van der Waals surface area (Å²) in [4.78, 5) is 12.1. The van der Waals surface area contributed by atoms with Crippen LogP contribution in [0.15, 0.2) is 24.3 Å². The van der Waals surface area contributed by atoms with Crippen LogP contribution in [0.25, 0.3) is 0 Å². The van der Waals surface area contributed by atoms with Gasteiger partial charge in [-0.05, 0) is 31.4 Å². The van der Waals surface area contributed by atoms with Crippen molar-refractivity contribution in [2.75, 3.05) is 11.9 Å². The zero-order valence-corrected chi connectivity index (χ0v) is 10.4. The number of ether oxygens (including phenoxy) is 1. The first kappa shape index (κ1) is 12.0. The highest BCUT2D eigenvalue weighted by atomic mass is 16.5. The molecular formula is C14H19NO2. The normalized spacial score (nSPS) is 20.0. The van der Waals surface area contributed by atoms with E-state index in [9.17, 15) is 4.79 Å². The standard InChI is InChI=1S/C14H19NO2/c1-3-10(2)17-14(16)12-8-9-15-13-7-5-4-6-11(12)13/h4-7,10,12,15H,3,8-9H2,1-2H3. The zero-order chi connectivity index (χ0) is 12.3. The van der Waals surface area contributed by atoms with Gasteiger partial charge in [0.05, 0.1) is 12.0 Å². The van der Waals surface area contributed by atoms with E-state index < -0.39 is 0 Å². The quantitative estimate of drug-likeness (QED) is 0.816. The molecule has 2 atom stereocenters. The van der Waals surface area contributed by atoms with Crippen LogP contribution in [0, 0.1) is 0 Å². The van der Waals surface area contributed by atoms with Gasteiger partial charge < -0.3 is 10.1 Å². The molecule has 0 saturated heterocycles. The maximum absolute atomic E-state index is 12.1.